The predicted octanol–water partition coefficient (Wildman–Crippen LogP) is 5.29. The number of unbranched alkanes of at least 4 members (excludes halogenated alkanes) is 3. The van der Waals surface area contributed by atoms with E-state index in [1.165, 1.54) is 58.0 Å². The van der Waals surface area contributed by atoms with Crippen molar-refractivity contribution in [3.8, 4) is 5.75 Å². The second-order valence-corrected chi connectivity index (χ2v) is 10.5. The number of nitrogens with zero attached hydrogens (tertiary/aromatic N) is 1. The van der Waals surface area contributed by atoms with Gasteiger partial charge in [0.15, 0.2) is 6.61 Å². The molecule has 4 rings (SSSR count). The van der Waals surface area contributed by atoms with Crippen molar-refractivity contribution in [1.82, 2.24) is 10.2 Å². The fraction of sp³-hybridized carbons (Fsp3) is 0.655. The molecule has 3 heterocycles. The standard InChI is InChI=1S/C29H42N2O4/c1-4-5-6-7-12-24-20(2)23-14-15-26(21(3)28(23)35-29(24)33)34-19-27(32)30-18-22-11-10-17-31-16-9-8-13-25(22)31/h14-15,22,25H,4-13,16-19H2,1-3H3,(H,30,32)/t22-,25-/m1/s1. The highest BCUT2D eigenvalue weighted by atomic mass is 16.5. The van der Waals surface area contributed by atoms with Crippen molar-refractivity contribution in [2.75, 3.05) is 26.2 Å². The van der Waals surface area contributed by atoms with Crippen LogP contribution in [-0.2, 0) is 11.2 Å². The molecule has 2 aliphatic rings. The molecule has 0 bridgehead atoms. The zero-order chi connectivity index (χ0) is 24.8. The van der Waals surface area contributed by atoms with Gasteiger partial charge in [-0.1, -0.05) is 32.6 Å². The summed E-state index contributed by atoms with van der Waals surface area (Å²) in [5.74, 6) is 1.02. The maximum absolute atomic E-state index is 12.7. The second-order valence-electron chi connectivity index (χ2n) is 10.5. The summed E-state index contributed by atoms with van der Waals surface area (Å²) in [6, 6.07) is 4.45. The van der Waals surface area contributed by atoms with Crippen LogP contribution in [0.1, 0.15) is 81.4 Å². The van der Waals surface area contributed by atoms with Crippen LogP contribution < -0.4 is 15.7 Å². The lowest BCUT2D eigenvalue weighted by molar-refractivity contribution is -0.123. The van der Waals surface area contributed by atoms with Gasteiger partial charge >= 0.3 is 5.63 Å². The molecule has 35 heavy (non-hydrogen) atoms. The fourth-order valence-corrected chi connectivity index (χ4v) is 6.00. The van der Waals surface area contributed by atoms with Crippen molar-refractivity contribution < 1.29 is 13.9 Å². The maximum atomic E-state index is 12.7. The first-order valence-electron chi connectivity index (χ1n) is 13.7. The van der Waals surface area contributed by atoms with E-state index in [1.807, 2.05) is 26.0 Å². The number of aryl methyl sites for hydroxylation is 2. The molecule has 1 aromatic heterocycles. The number of fused-ring (bicyclic) bond motifs is 2. The Morgan fingerprint density at radius 3 is 2.74 bits per heavy atom. The molecule has 6 nitrogen and oxygen atoms in total. The summed E-state index contributed by atoms with van der Waals surface area (Å²) in [6.45, 7) is 9.16. The summed E-state index contributed by atoms with van der Waals surface area (Å²) in [5, 5.41) is 4.05. The Labute approximate surface area is 209 Å². The van der Waals surface area contributed by atoms with Crippen molar-refractivity contribution in [1.29, 1.82) is 0 Å². The number of carbonyl (C=O) groups excluding carboxylic acids is 1. The molecule has 192 valence electrons. The molecule has 2 atom stereocenters. The minimum absolute atomic E-state index is 0.0355. The Balaban J connectivity index is 1.36. The van der Waals surface area contributed by atoms with Gasteiger partial charge in [0, 0.05) is 29.1 Å². The Kier molecular flexibility index (Phi) is 8.88. The van der Waals surface area contributed by atoms with E-state index >= 15 is 0 Å². The molecular formula is C29H42N2O4. The summed E-state index contributed by atoms with van der Waals surface area (Å²) >= 11 is 0. The van der Waals surface area contributed by atoms with Crippen molar-refractivity contribution >= 4 is 16.9 Å². The number of benzene rings is 1. The molecule has 1 N–H and O–H groups in total. The van der Waals surface area contributed by atoms with Crippen LogP contribution in [0, 0.1) is 19.8 Å². The largest absolute Gasteiger partial charge is 0.483 e. The van der Waals surface area contributed by atoms with Crippen LogP contribution in [0.4, 0.5) is 0 Å². The average Bonchev–Trinajstić information content (AvgIpc) is 2.87. The van der Waals surface area contributed by atoms with E-state index < -0.39 is 0 Å². The number of carbonyl (C=O) groups is 1. The van der Waals surface area contributed by atoms with Gasteiger partial charge in [-0.2, -0.15) is 0 Å². The lowest BCUT2D eigenvalue weighted by Crippen LogP contribution is -2.51. The number of ether oxygens (including phenoxy) is 1. The molecular weight excluding hydrogens is 440 g/mol. The summed E-state index contributed by atoms with van der Waals surface area (Å²) in [5.41, 5.74) is 2.83. The van der Waals surface area contributed by atoms with E-state index in [4.69, 9.17) is 9.15 Å². The van der Waals surface area contributed by atoms with Gasteiger partial charge in [0.25, 0.3) is 5.91 Å². The SMILES string of the molecule is CCCCCCc1c(C)c2ccc(OCC(=O)NC[C@H]3CCCN4CCCC[C@H]34)c(C)c2oc1=O. The number of rotatable bonds is 10. The molecule has 2 aliphatic heterocycles. The van der Waals surface area contributed by atoms with Crippen LogP contribution in [0.15, 0.2) is 21.3 Å². The third-order valence-corrected chi connectivity index (χ3v) is 8.08. The molecule has 0 aliphatic carbocycles. The van der Waals surface area contributed by atoms with Gasteiger partial charge in [-0.05, 0) is 89.1 Å². The van der Waals surface area contributed by atoms with Gasteiger partial charge in [-0.15, -0.1) is 0 Å². The molecule has 2 saturated heterocycles. The Hall–Kier alpha value is -2.34. The molecule has 0 saturated carbocycles. The van der Waals surface area contributed by atoms with Gasteiger partial charge in [0.05, 0.1) is 0 Å². The summed E-state index contributed by atoms with van der Waals surface area (Å²) in [6.07, 6.45) is 11.5. The Morgan fingerprint density at radius 1 is 1.09 bits per heavy atom. The van der Waals surface area contributed by atoms with Gasteiger partial charge in [-0.3, -0.25) is 4.79 Å². The second kappa shape index (κ2) is 12.1. The number of nitrogens with one attached hydrogen (secondary N) is 1. The third-order valence-electron chi connectivity index (χ3n) is 8.08. The number of amides is 1. The zero-order valence-electron chi connectivity index (χ0n) is 21.8. The topological polar surface area (TPSA) is 71.8 Å². The normalized spacial score (nSPS) is 20.5. The highest BCUT2D eigenvalue weighted by molar-refractivity contribution is 5.86. The molecule has 6 heteroatoms. The molecule has 1 aromatic carbocycles. The van der Waals surface area contributed by atoms with E-state index in [1.54, 1.807) is 0 Å². The van der Waals surface area contributed by atoms with E-state index in [0.717, 1.165) is 47.9 Å². The van der Waals surface area contributed by atoms with E-state index in [-0.39, 0.29) is 18.1 Å². The summed E-state index contributed by atoms with van der Waals surface area (Å²) < 4.78 is 11.6. The van der Waals surface area contributed by atoms with Crippen LogP contribution in [-0.4, -0.2) is 43.1 Å². The smallest absolute Gasteiger partial charge is 0.339 e. The number of hydrogen-bond donors (Lipinski definition) is 1. The van der Waals surface area contributed by atoms with Gasteiger partial charge < -0.3 is 19.4 Å². The van der Waals surface area contributed by atoms with Crippen LogP contribution in [0.5, 0.6) is 5.75 Å². The van der Waals surface area contributed by atoms with Gasteiger partial charge in [0.2, 0.25) is 0 Å². The minimum Gasteiger partial charge on any atom is -0.483 e. The molecule has 1 amide bonds. The van der Waals surface area contributed by atoms with Crippen molar-refractivity contribution in [3.05, 3.63) is 39.2 Å². The first-order valence-corrected chi connectivity index (χ1v) is 13.7. The van der Waals surface area contributed by atoms with Crippen LogP contribution in [0.2, 0.25) is 0 Å². The highest BCUT2D eigenvalue weighted by Gasteiger charge is 2.32. The highest BCUT2D eigenvalue weighted by Crippen LogP contribution is 2.31. The zero-order valence-corrected chi connectivity index (χ0v) is 21.8. The fourth-order valence-electron chi connectivity index (χ4n) is 6.00. The molecule has 2 fully saturated rings. The van der Waals surface area contributed by atoms with Crippen molar-refractivity contribution in [2.45, 2.75) is 91.0 Å². The first kappa shape index (κ1) is 25.7. The maximum Gasteiger partial charge on any atom is 0.339 e. The Bertz CT molecular complexity index is 1070. The van der Waals surface area contributed by atoms with Gasteiger partial charge in [-0.25, -0.2) is 4.79 Å². The van der Waals surface area contributed by atoms with Crippen LogP contribution in [0.25, 0.3) is 11.0 Å². The molecule has 2 aromatic rings. The van der Waals surface area contributed by atoms with Gasteiger partial charge in [0.1, 0.15) is 11.3 Å². The number of hydrogen-bond acceptors (Lipinski definition) is 5. The third kappa shape index (κ3) is 6.08. The lowest BCUT2D eigenvalue weighted by atomic mass is 9.83. The Morgan fingerprint density at radius 2 is 1.91 bits per heavy atom. The monoisotopic (exact) mass is 482 g/mol. The van der Waals surface area contributed by atoms with Crippen molar-refractivity contribution in [2.24, 2.45) is 5.92 Å². The predicted molar refractivity (Wildman–Crippen MR) is 140 cm³/mol. The van der Waals surface area contributed by atoms with Crippen LogP contribution >= 0.6 is 0 Å². The molecule has 0 unspecified atom stereocenters. The average molecular weight is 483 g/mol. The minimum atomic E-state index is -0.256. The molecule has 0 radical (unpaired) electrons. The molecule has 0 spiro atoms. The van der Waals surface area contributed by atoms with E-state index in [2.05, 4.69) is 17.1 Å². The lowest BCUT2D eigenvalue weighted by Gasteiger charge is -2.44. The van der Waals surface area contributed by atoms with E-state index in [0.29, 0.717) is 23.3 Å². The number of piperidine rings is 2. The quantitative estimate of drug-likeness (QED) is 0.368. The summed E-state index contributed by atoms with van der Waals surface area (Å²) in [7, 11) is 0. The van der Waals surface area contributed by atoms with Crippen molar-refractivity contribution in [3.63, 3.8) is 0 Å². The van der Waals surface area contributed by atoms with Crippen LogP contribution in [0.3, 0.4) is 0 Å². The van der Waals surface area contributed by atoms with E-state index in [9.17, 15) is 9.59 Å². The first-order chi connectivity index (χ1) is 17.0. The summed E-state index contributed by atoms with van der Waals surface area (Å²) in [4.78, 5) is 27.9.